The van der Waals surface area contributed by atoms with E-state index in [1.807, 2.05) is 6.92 Å². The van der Waals surface area contributed by atoms with Gasteiger partial charge in [-0.1, -0.05) is 5.16 Å². The third-order valence-electron chi connectivity index (χ3n) is 4.26. The Morgan fingerprint density at radius 1 is 1.18 bits per heavy atom. The zero-order valence-electron chi connectivity index (χ0n) is 18.5. The van der Waals surface area contributed by atoms with Crippen molar-refractivity contribution in [2.75, 3.05) is 20.8 Å². The molecule has 1 aromatic heterocycles. The van der Waals surface area contributed by atoms with Crippen molar-refractivity contribution in [2.45, 2.75) is 13.0 Å². The van der Waals surface area contributed by atoms with E-state index in [2.05, 4.69) is 20.8 Å². The number of carbonyl (C=O) groups is 1. The molecule has 0 aliphatic rings. The average Bonchev–Trinajstić information content (AvgIpc) is 3.33. The molecule has 2 aromatic carbocycles. The van der Waals surface area contributed by atoms with Crippen LogP contribution in [0.1, 0.15) is 17.3 Å². The molecule has 0 unspecified atom stereocenters. The number of nitrogens with one attached hydrogen (secondary N) is 3. The van der Waals surface area contributed by atoms with Gasteiger partial charge in [-0.2, -0.15) is 4.98 Å². The lowest BCUT2D eigenvalue weighted by molar-refractivity contribution is 0.0913. The van der Waals surface area contributed by atoms with E-state index in [4.69, 9.17) is 24.1 Å². The number of hydrogen-bond acceptors (Lipinski definition) is 9. The summed E-state index contributed by atoms with van der Waals surface area (Å²) in [5.74, 6) is 1.31. The van der Waals surface area contributed by atoms with Crippen molar-refractivity contribution in [1.82, 2.24) is 20.8 Å². The van der Waals surface area contributed by atoms with E-state index in [0.717, 1.165) is 5.56 Å². The van der Waals surface area contributed by atoms with Gasteiger partial charge in [0.05, 0.1) is 6.61 Å². The molecule has 3 aromatic rings. The Hall–Kier alpha value is -4.18. The molecule has 1 heterocycles. The van der Waals surface area contributed by atoms with Crippen LogP contribution >= 0.6 is 0 Å². The van der Waals surface area contributed by atoms with Crippen molar-refractivity contribution in [3.05, 3.63) is 66.7 Å². The number of amidine groups is 1. The van der Waals surface area contributed by atoms with E-state index in [9.17, 15) is 4.79 Å². The molecule has 33 heavy (non-hydrogen) atoms. The average molecular weight is 451 g/mol. The van der Waals surface area contributed by atoms with Gasteiger partial charge in [-0.05, 0) is 55.6 Å². The first kappa shape index (κ1) is 23.5. The molecule has 0 aliphatic heterocycles. The molecule has 1 amide bonds. The zero-order valence-corrected chi connectivity index (χ0v) is 18.5. The Kier molecular flexibility index (Phi) is 8.14. The Bertz CT molecular complexity index is 1100. The molecule has 0 spiro atoms. The van der Waals surface area contributed by atoms with Crippen LogP contribution < -0.4 is 20.1 Å². The molecule has 0 saturated heterocycles. The largest absolute Gasteiger partial charge is 0.488 e. The highest BCUT2D eigenvalue weighted by Gasteiger charge is 2.14. The quantitative estimate of drug-likeness (QED) is 0.316. The maximum absolute atomic E-state index is 12.7. The van der Waals surface area contributed by atoms with Gasteiger partial charge < -0.3 is 29.4 Å². The summed E-state index contributed by atoms with van der Waals surface area (Å²) in [4.78, 5) is 16.7. The number of benzene rings is 2. The van der Waals surface area contributed by atoms with Crippen molar-refractivity contribution >= 4 is 11.7 Å². The Labute approximate surface area is 191 Å². The van der Waals surface area contributed by atoms with Gasteiger partial charge in [0.15, 0.2) is 0 Å². The van der Waals surface area contributed by atoms with Crippen molar-refractivity contribution in [3.8, 4) is 28.6 Å². The Balaban J connectivity index is 1.82. The van der Waals surface area contributed by atoms with E-state index in [-0.39, 0.29) is 17.5 Å². The van der Waals surface area contributed by atoms with Gasteiger partial charge in [0.2, 0.25) is 12.2 Å². The highest BCUT2D eigenvalue weighted by atomic mass is 16.5. The molecular weight excluding hydrogens is 426 g/mol. The Morgan fingerprint density at radius 2 is 1.94 bits per heavy atom. The molecule has 3 rings (SSSR count). The van der Waals surface area contributed by atoms with E-state index >= 15 is 0 Å². The van der Waals surface area contributed by atoms with Gasteiger partial charge >= 0.3 is 0 Å². The van der Waals surface area contributed by atoms with E-state index in [1.54, 1.807) is 62.8 Å². The molecule has 0 fully saturated rings. The van der Waals surface area contributed by atoms with Crippen LogP contribution in [-0.2, 0) is 4.74 Å². The fraction of sp³-hybridized carbons (Fsp3) is 0.217. The molecule has 0 aliphatic carbocycles. The van der Waals surface area contributed by atoms with Gasteiger partial charge in [-0.3, -0.25) is 10.2 Å². The standard InChI is InChI=1S/C23H25N5O5/c1-15(13-30-3)32-19-10-17(23(29)27-21(24)8-9-25-2)11-20(12-19)33-18-6-4-16(5-7-18)22-26-14-31-28-22/h4-12,14-15,25H,13H2,1-3H3,(H2,24,27,29)/b9-8-/t15-/m0/s1. The SMILES string of the molecule is CN/C=C\C(=N)NC(=O)c1cc(Oc2ccc(-c3ncon3)cc2)cc(O[C@@H](C)COC)c1. The molecule has 172 valence electrons. The van der Waals surface area contributed by atoms with Crippen LogP contribution in [0, 0.1) is 5.41 Å². The fourth-order valence-electron chi connectivity index (χ4n) is 2.84. The number of hydrogen-bond donors (Lipinski definition) is 3. The predicted molar refractivity (Wildman–Crippen MR) is 122 cm³/mol. The number of aromatic nitrogens is 2. The second-order valence-electron chi connectivity index (χ2n) is 6.95. The summed E-state index contributed by atoms with van der Waals surface area (Å²) in [6.07, 6.45) is 3.99. The minimum atomic E-state index is -0.470. The van der Waals surface area contributed by atoms with E-state index in [1.165, 1.54) is 12.5 Å². The number of amides is 1. The maximum atomic E-state index is 12.7. The highest BCUT2D eigenvalue weighted by molar-refractivity contribution is 6.09. The van der Waals surface area contributed by atoms with Crippen molar-refractivity contribution in [3.63, 3.8) is 0 Å². The molecule has 3 N–H and O–H groups in total. The minimum Gasteiger partial charge on any atom is -0.488 e. The molecule has 0 bridgehead atoms. The summed E-state index contributed by atoms with van der Waals surface area (Å²) in [7, 11) is 3.28. The first-order valence-corrected chi connectivity index (χ1v) is 10.1. The number of nitrogens with zero attached hydrogens (tertiary/aromatic N) is 2. The molecule has 0 radical (unpaired) electrons. The van der Waals surface area contributed by atoms with Gasteiger partial charge in [0, 0.05) is 31.4 Å². The van der Waals surface area contributed by atoms with Gasteiger partial charge in [-0.15, -0.1) is 0 Å². The first-order valence-electron chi connectivity index (χ1n) is 10.1. The molecule has 10 nitrogen and oxygen atoms in total. The smallest absolute Gasteiger partial charge is 0.257 e. The van der Waals surface area contributed by atoms with Crippen LogP contribution in [0.15, 0.2) is 65.7 Å². The summed E-state index contributed by atoms with van der Waals surface area (Å²) >= 11 is 0. The molecule has 10 heteroatoms. The van der Waals surface area contributed by atoms with Crippen LogP contribution in [0.3, 0.4) is 0 Å². The number of ether oxygens (including phenoxy) is 3. The maximum Gasteiger partial charge on any atom is 0.257 e. The van der Waals surface area contributed by atoms with E-state index in [0.29, 0.717) is 29.7 Å². The summed E-state index contributed by atoms with van der Waals surface area (Å²) in [5.41, 5.74) is 1.05. The van der Waals surface area contributed by atoms with Gasteiger partial charge in [-0.25, -0.2) is 0 Å². The second kappa shape index (κ2) is 11.4. The lowest BCUT2D eigenvalue weighted by atomic mass is 10.1. The summed E-state index contributed by atoms with van der Waals surface area (Å²) in [5, 5.41) is 16.9. The van der Waals surface area contributed by atoms with Gasteiger partial charge in [0.25, 0.3) is 5.91 Å². The number of methoxy groups -OCH3 is 1. The zero-order chi connectivity index (χ0) is 23.6. The summed E-state index contributed by atoms with van der Waals surface area (Å²) in [6, 6.07) is 11.9. The normalized spacial score (nSPS) is 11.7. The molecule has 0 saturated carbocycles. The minimum absolute atomic E-state index is 0.0621. The first-order chi connectivity index (χ1) is 16.0. The van der Waals surface area contributed by atoms with Crippen molar-refractivity contribution in [1.29, 1.82) is 5.41 Å². The predicted octanol–water partition coefficient (Wildman–Crippen LogP) is 3.38. The van der Waals surface area contributed by atoms with Crippen LogP contribution in [0.5, 0.6) is 17.2 Å². The third-order valence-corrected chi connectivity index (χ3v) is 4.26. The summed E-state index contributed by atoms with van der Waals surface area (Å²) in [6.45, 7) is 2.23. The highest BCUT2D eigenvalue weighted by Crippen LogP contribution is 2.29. The topological polar surface area (TPSA) is 132 Å². The summed E-state index contributed by atoms with van der Waals surface area (Å²) < 4.78 is 21.7. The number of carbonyl (C=O) groups excluding carboxylic acids is 1. The van der Waals surface area contributed by atoms with Crippen LogP contribution in [0.25, 0.3) is 11.4 Å². The molecule has 1 atom stereocenters. The van der Waals surface area contributed by atoms with Crippen molar-refractivity contribution in [2.24, 2.45) is 0 Å². The van der Waals surface area contributed by atoms with Crippen LogP contribution in [0.4, 0.5) is 0 Å². The monoisotopic (exact) mass is 451 g/mol. The van der Waals surface area contributed by atoms with Crippen LogP contribution in [-0.4, -0.2) is 48.8 Å². The van der Waals surface area contributed by atoms with Crippen LogP contribution in [0.2, 0.25) is 0 Å². The lowest BCUT2D eigenvalue weighted by Gasteiger charge is -2.16. The van der Waals surface area contributed by atoms with Gasteiger partial charge in [0.1, 0.15) is 29.2 Å². The third kappa shape index (κ3) is 6.91. The number of rotatable bonds is 10. The van der Waals surface area contributed by atoms with Crippen molar-refractivity contribution < 1.29 is 23.5 Å². The molecular formula is C23H25N5O5. The second-order valence-corrected chi connectivity index (χ2v) is 6.95. The lowest BCUT2D eigenvalue weighted by Crippen LogP contribution is -2.28. The fourth-order valence-corrected chi connectivity index (χ4v) is 2.84. The Morgan fingerprint density at radius 3 is 2.61 bits per heavy atom. The van der Waals surface area contributed by atoms with E-state index < -0.39 is 5.91 Å².